The first-order valence-corrected chi connectivity index (χ1v) is 18.9. The molecule has 278 valence electrons. The summed E-state index contributed by atoms with van der Waals surface area (Å²) < 4.78 is 20.5. The minimum absolute atomic E-state index is 0.0222. The van der Waals surface area contributed by atoms with Crippen LogP contribution in [0.5, 0.6) is 0 Å². The third-order valence-electron chi connectivity index (χ3n) is 9.81. The minimum Gasteiger partial charge on any atom is -0.445 e. The van der Waals surface area contributed by atoms with E-state index in [1.807, 2.05) is 121 Å². The van der Waals surface area contributed by atoms with Crippen molar-refractivity contribution in [2.75, 3.05) is 5.75 Å². The number of benzene rings is 4. The van der Waals surface area contributed by atoms with Crippen molar-refractivity contribution in [3.8, 4) is 11.1 Å². The van der Waals surface area contributed by atoms with Crippen molar-refractivity contribution in [1.29, 1.82) is 0 Å². The lowest BCUT2D eigenvalue weighted by Gasteiger charge is -2.41. The molecule has 0 spiro atoms. The van der Waals surface area contributed by atoms with Crippen molar-refractivity contribution in [3.05, 3.63) is 143 Å². The fourth-order valence-corrected chi connectivity index (χ4v) is 7.79. The fraction of sp³-hybridized carbons (Fsp3) is 0.286. The number of hydrogen-bond donors (Lipinski definition) is 2. The Morgan fingerprint density at radius 1 is 0.907 bits per heavy atom. The van der Waals surface area contributed by atoms with Crippen LogP contribution >= 0.6 is 11.8 Å². The molecule has 5 unspecified atom stereocenters. The molecule has 0 aliphatic carbocycles. The quantitative estimate of drug-likeness (QED) is 0.106. The number of aliphatic hydroxyl groups is 1. The van der Waals surface area contributed by atoms with Gasteiger partial charge in [-0.3, -0.25) is 14.5 Å². The van der Waals surface area contributed by atoms with Gasteiger partial charge in [0.25, 0.3) is 5.91 Å². The molecule has 2 fully saturated rings. The van der Waals surface area contributed by atoms with Crippen molar-refractivity contribution in [2.24, 2.45) is 13.0 Å². The zero-order valence-electron chi connectivity index (χ0n) is 30.0. The number of aromatic nitrogens is 2. The molecule has 7 rings (SSSR count). The summed E-state index contributed by atoms with van der Waals surface area (Å²) in [4.78, 5) is 44.1. The van der Waals surface area contributed by atoms with Gasteiger partial charge in [-0.15, -0.1) is 0 Å². The Kier molecular flexibility index (Phi) is 11.5. The van der Waals surface area contributed by atoms with Gasteiger partial charge in [0.1, 0.15) is 12.6 Å². The Bertz CT molecular complexity index is 2070. The standard InChI is InChI=1S/C42H42N4O7S/c1-27-36(26-54-41-43-19-20-45(41)2)52-40(53-38(27)32-13-11-28(24-47)12-14-32)33-17-15-31(16-18-33)34-10-6-9-30(21-34)23-46-37(48)22-35(39(46)49)44-42(50)51-25-29-7-4-3-5-8-29/h3-21,27,35-36,38,40,47H,22-26H2,1-2H3,(H,44,50). The Labute approximate surface area is 318 Å². The van der Waals surface area contributed by atoms with Gasteiger partial charge in [-0.2, -0.15) is 0 Å². The van der Waals surface area contributed by atoms with E-state index < -0.39 is 24.3 Å². The molecule has 2 N–H and O–H groups in total. The molecular formula is C42H42N4O7S. The molecule has 4 aromatic carbocycles. The summed E-state index contributed by atoms with van der Waals surface area (Å²) in [5.74, 6) is -0.0827. The second-order valence-corrected chi connectivity index (χ2v) is 14.5. The summed E-state index contributed by atoms with van der Waals surface area (Å²) in [6.45, 7) is 2.26. The Balaban J connectivity index is 1.01. The first-order valence-electron chi connectivity index (χ1n) is 17.9. The monoisotopic (exact) mass is 746 g/mol. The number of carbonyl (C=O) groups excluding carboxylic acids is 3. The number of aliphatic hydroxyl groups excluding tert-OH is 1. The molecule has 5 atom stereocenters. The number of ether oxygens (including phenoxy) is 3. The highest BCUT2D eigenvalue weighted by Crippen LogP contribution is 2.43. The van der Waals surface area contributed by atoms with Crippen LogP contribution in [0.2, 0.25) is 0 Å². The number of likely N-dealkylation sites (tertiary alicyclic amines) is 1. The summed E-state index contributed by atoms with van der Waals surface area (Å²) >= 11 is 1.65. The molecule has 2 aliphatic rings. The van der Waals surface area contributed by atoms with Gasteiger partial charge in [0.15, 0.2) is 11.4 Å². The maximum absolute atomic E-state index is 13.2. The maximum atomic E-state index is 13.2. The van der Waals surface area contributed by atoms with E-state index >= 15 is 0 Å². The van der Waals surface area contributed by atoms with Crippen LogP contribution in [0.1, 0.15) is 53.6 Å². The molecule has 3 heterocycles. The number of imide groups is 1. The third-order valence-corrected chi connectivity index (χ3v) is 11.0. The predicted octanol–water partition coefficient (Wildman–Crippen LogP) is 6.72. The molecule has 0 saturated carbocycles. The smallest absolute Gasteiger partial charge is 0.408 e. The predicted molar refractivity (Wildman–Crippen MR) is 203 cm³/mol. The molecule has 11 nitrogen and oxygen atoms in total. The summed E-state index contributed by atoms with van der Waals surface area (Å²) in [7, 11) is 1.97. The van der Waals surface area contributed by atoms with Gasteiger partial charge in [-0.05, 0) is 39.4 Å². The van der Waals surface area contributed by atoms with E-state index in [-0.39, 0.29) is 50.2 Å². The second-order valence-electron chi connectivity index (χ2n) is 13.6. The van der Waals surface area contributed by atoms with Crippen LogP contribution in [0, 0.1) is 5.92 Å². The molecule has 54 heavy (non-hydrogen) atoms. The first kappa shape index (κ1) is 37.1. The van der Waals surface area contributed by atoms with Gasteiger partial charge in [0, 0.05) is 36.7 Å². The van der Waals surface area contributed by atoms with Crippen molar-refractivity contribution in [3.63, 3.8) is 0 Å². The van der Waals surface area contributed by atoms with E-state index in [4.69, 9.17) is 14.2 Å². The number of carbonyl (C=O) groups is 3. The Morgan fingerprint density at radius 3 is 2.37 bits per heavy atom. The average Bonchev–Trinajstić information content (AvgIpc) is 3.73. The van der Waals surface area contributed by atoms with Gasteiger partial charge in [-0.1, -0.05) is 116 Å². The second kappa shape index (κ2) is 16.8. The normalized spacial score (nSPS) is 21.3. The lowest BCUT2D eigenvalue weighted by atomic mass is 9.91. The SMILES string of the molecule is CC1C(CSc2nccn2C)OC(c2ccc(-c3cccc(CN4C(=O)CC(NC(=O)OCc5ccccc5)C4=O)c3)cc2)OC1c1ccc(CO)cc1. The highest BCUT2D eigenvalue weighted by molar-refractivity contribution is 7.99. The first-order chi connectivity index (χ1) is 26.2. The van der Waals surface area contributed by atoms with Crippen molar-refractivity contribution >= 4 is 29.7 Å². The molecule has 3 amide bonds. The van der Waals surface area contributed by atoms with Crippen LogP contribution < -0.4 is 5.32 Å². The van der Waals surface area contributed by atoms with Crippen LogP contribution in [-0.4, -0.2) is 55.4 Å². The van der Waals surface area contributed by atoms with E-state index in [1.54, 1.807) is 18.0 Å². The van der Waals surface area contributed by atoms with Gasteiger partial charge in [0.05, 0.1) is 31.8 Å². The largest absolute Gasteiger partial charge is 0.445 e. The number of aryl methyl sites for hydroxylation is 1. The number of nitrogens with one attached hydrogen (secondary N) is 1. The van der Waals surface area contributed by atoms with Crippen LogP contribution in [0.3, 0.4) is 0 Å². The molecule has 0 radical (unpaired) electrons. The third kappa shape index (κ3) is 8.58. The maximum Gasteiger partial charge on any atom is 0.408 e. The summed E-state index contributed by atoms with van der Waals surface area (Å²) in [5, 5.41) is 13.0. The number of thioether (sulfide) groups is 1. The summed E-state index contributed by atoms with van der Waals surface area (Å²) in [6.07, 6.45) is 1.87. The molecule has 2 aliphatic heterocycles. The van der Waals surface area contributed by atoms with Gasteiger partial charge < -0.3 is 29.2 Å². The molecule has 12 heteroatoms. The fourth-order valence-electron chi connectivity index (χ4n) is 6.69. The lowest BCUT2D eigenvalue weighted by molar-refractivity contribution is -0.268. The Hall–Kier alpha value is -5.27. The molecule has 5 aromatic rings. The van der Waals surface area contributed by atoms with Crippen molar-refractivity contribution in [1.82, 2.24) is 19.8 Å². The van der Waals surface area contributed by atoms with Crippen LogP contribution in [0.25, 0.3) is 11.1 Å². The Morgan fingerprint density at radius 2 is 1.65 bits per heavy atom. The van der Waals surface area contributed by atoms with E-state index in [1.165, 1.54) is 4.90 Å². The highest BCUT2D eigenvalue weighted by Gasteiger charge is 2.40. The van der Waals surface area contributed by atoms with Gasteiger partial charge >= 0.3 is 6.09 Å². The number of imidazole rings is 1. The van der Waals surface area contributed by atoms with Crippen LogP contribution in [-0.2, 0) is 50.6 Å². The van der Waals surface area contributed by atoms with Crippen LogP contribution in [0.15, 0.2) is 121 Å². The summed E-state index contributed by atoms with van der Waals surface area (Å²) in [6, 6.07) is 31.8. The van der Waals surface area contributed by atoms with Crippen molar-refractivity contribution in [2.45, 2.75) is 62.8 Å². The van der Waals surface area contributed by atoms with Crippen molar-refractivity contribution < 1.29 is 33.7 Å². The zero-order valence-corrected chi connectivity index (χ0v) is 30.9. The van der Waals surface area contributed by atoms with E-state index in [0.29, 0.717) is 5.75 Å². The average molecular weight is 747 g/mol. The van der Waals surface area contributed by atoms with Crippen LogP contribution in [0.4, 0.5) is 4.79 Å². The van der Waals surface area contributed by atoms with Gasteiger partial charge in [-0.25, -0.2) is 9.78 Å². The number of nitrogens with zero attached hydrogens (tertiary/aromatic N) is 3. The molecular weight excluding hydrogens is 705 g/mol. The molecule has 0 bridgehead atoms. The van der Waals surface area contributed by atoms with E-state index in [9.17, 15) is 19.5 Å². The number of hydrogen-bond acceptors (Lipinski definition) is 9. The zero-order chi connectivity index (χ0) is 37.6. The van der Waals surface area contributed by atoms with Gasteiger partial charge in [0.2, 0.25) is 5.91 Å². The number of amides is 3. The van der Waals surface area contributed by atoms with E-state index in [2.05, 4.69) is 17.2 Å². The van der Waals surface area contributed by atoms with E-state index in [0.717, 1.165) is 44.1 Å². The topological polar surface area (TPSA) is 132 Å². The highest BCUT2D eigenvalue weighted by atomic mass is 32.2. The summed E-state index contributed by atoms with van der Waals surface area (Å²) in [5.41, 5.74) is 6.20. The molecule has 2 saturated heterocycles. The number of alkyl carbamates (subject to hydrolysis) is 1. The minimum atomic E-state index is -0.976. The lowest BCUT2D eigenvalue weighted by Crippen LogP contribution is -2.41. The number of rotatable bonds is 12. The molecule has 1 aromatic heterocycles.